The molecule has 0 saturated heterocycles. The van der Waals surface area contributed by atoms with Crippen molar-refractivity contribution in [3.63, 3.8) is 0 Å². The molecule has 1 aromatic carbocycles. The van der Waals surface area contributed by atoms with Crippen molar-refractivity contribution in [1.29, 1.82) is 0 Å². The number of aromatic nitrogens is 2. The molecule has 16 heavy (non-hydrogen) atoms. The summed E-state index contributed by atoms with van der Waals surface area (Å²) >= 11 is 15.0. The lowest BCUT2D eigenvalue weighted by Crippen LogP contribution is -1.84. The van der Waals surface area contributed by atoms with E-state index >= 15 is 0 Å². The molecule has 1 heterocycles. The third-order valence-corrected chi connectivity index (χ3v) is 2.95. The molecule has 0 aliphatic heterocycles. The summed E-state index contributed by atoms with van der Waals surface area (Å²) in [7, 11) is 0. The Kier molecular flexibility index (Phi) is 3.84. The maximum Gasteiger partial charge on any atom is 0.249 e. The summed E-state index contributed by atoms with van der Waals surface area (Å²) in [6.07, 6.45) is 0.556. The Balaban J connectivity index is 2.38. The number of alkyl halides is 1. The predicted molar refractivity (Wildman–Crippen MR) is 66.9 cm³/mol. The van der Waals surface area contributed by atoms with Gasteiger partial charge >= 0.3 is 0 Å². The van der Waals surface area contributed by atoms with Gasteiger partial charge in [0.05, 0.1) is 10.6 Å². The number of aryl methyl sites for hydroxylation is 1. The Morgan fingerprint density at radius 3 is 2.88 bits per heavy atom. The van der Waals surface area contributed by atoms with E-state index in [0.29, 0.717) is 34.7 Å². The fourth-order valence-electron chi connectivity index (χ4n) is 1.21. The monoisotopic (exact) mass is 320 g/mol. The molecule has 0 unspecified atom stereocenters. The van der Waals surface area contributed by atoms with E-state index < -0.39 is 0 Å². The molecule has 0 fully saturated rings. The lowest BCUT2D eigenvalue weighted by molar-refractivity contribution is 0.513. The first-order valence-electron chi connectivity index (χ1n) is 4.54. The first kappa shape index (κ1) is 11.9. The average molecular weight is 322 g/mol. The van der Waals surface area contributed by atoms with Crippen LogP contribution >= 0.6 is 39.1 Å². The number of rotatable bonds is 3. The van der Waals surface area contributed by atoms with E-state index in [1.54, 1.807) is 6.07 Å². The molecular formula is C10H7BrCl2N2O. The second-order valence-corrected chi connectivity index (χ2v) is 4.76. The van der Waals surface area contributed by atoms with E-state index in [1.165, 1.54) is 0 Å². The molecule has 0 saturated carbocycles. The van der Waals surface area contributed by atoms with Gasteiger partial charge in [-0.05, 0) is 18.2 Å². The van der Waals surface area contributed by atoms with Crippen LogP contribution in [0.15, 0.2) is 27.1 Å². The molecule has 0 spiro atoms. The van der Waals surface area contributed by atoms with Gasteiger partial charge in [0.15, 0.2) is 0 Å². The van der Waals surface area contributed by atoms with Crippen molar-refractivity contribution in [1.82, 2.24) is 10.2 Å². The zero-order valence-corrected chi connectivity index (χ0v) is 11.2. The highest BCUT2D eigenvalue weighted by atomic mass is 79.9. The number of hydrogen-bond donors (Lipinski definition) is 0. The van der Waals surface area contributed by atoms with Crippen molar-refractivity contribution in [2.24, 2.45) is 0 Å². The topological polar surface area (TPSA) is 38.9 Å². The largest absolute Gasteiger partial charge is 0.421 e. The van der Waals surface area contributed by atoms with Gasteiger partial charge in [0.2, 0.25) is 11.8 Å². The number of halogens is 3. The zero-order chi connectivity index (χ0) is 11.5. The van der Waals surface area contributed by atoms with E-state index in [4.69, 9.17) is 27.6 Å². The maximum absolute atomic E-state index is 6.04. The van der Waals surface area contributed by atoms with Crippen LogP contribution in [0.1, 0.15) is 5.89 Å². The molecular weight excluding hydrogens is 315 g/mol. The summed E-state index contributed by atoms with van der Waals surface area (Å²) in [5.41, 5.74) is 0.712. The molecule has 1 aromatic heterocycles. The van der Waals surface area contributed by atoms with Crippen molar-refractivity contribution >= 4 is 39.1 Å². The normalized spacial score (nSPS) is 10.7. The summed E-state index contributed by atoms with van der Waals surface area (Å²) < 4.78 is 6.34. The van der Waals surface area contributed by atoms with Crippen molar-refractivity contribution in [3.8, 4) is 11.5 Å². The molecule has 3 nitrogen and oxygen atoms in total. The first-order chi connectivity index (χ1) is 7.70. The lowest BCUT2D eigenvalue weighted by atomic mass is 10.2. The molecule has 0 radical (unpaired) electrons. The second kappa shape index (κ2) is 5.17. The van der Waals surface area contributed by atoms with Crippen LogP contribution < -0.4 is 0 Å². The highest BCUT2D eigenvalue weighted by molar-refractivity contribution is 9.10. The first-order valence-corrected chi connectivity index (χ1v) is 6.25. The van der Waals surface area contributed by atoms with Gasteiger partial charge in [0.25, 0.3) is 0 Å². The summed E-state index contributed by atoms with van der Waals surface area (Å²) in [5.74, 6) is 1.38. The summed E-state index contributed by atoms with van der Waals surface area (Å²) in [5, 5.41) is 8.38. The Morgan fingerprint density at radius 2 is 2.12 bits per heavy atom. The van der Waals surface area contributed by atoms with Gasteiger partial charge in [-0.3, -0.25) is 0 Å². The number of nitrogens with zero attached hydrogens (tertiary/aromatic N) is 2. The fourth-order valence-corrected chi connectivity index (χ4v) is 1.93. The van der Waals surface area contributed by atoms with E-state index in [0.717, 1.165) is 4.47 Å². The van der Waals surface area contributed by atoms with Crippen LogP contribution in [0.2, 0.25) is 5.02 Å². The van der Waals surface area contributed by atoms with Crippen LogP contribution in [0.4, 0.5) is 0 Å². The van der Waals surface area contributed by atoms with Crippen LogP contribution in [0.5, 0.6) is 0 Å². The minimum Gasteiger partial charge on any atom is -0.421 e. The van der Waals surface area contributed by atoms with E-state index in [-0.39, 0.29) is 0 Å². The van der Waals surface area contributed by atoms with Crippen LogP contribution in [-0.2, 0) is 6.42 Å². The summed E-state index contributed by atoms with van der Waals surface area (Å²) in [4.78, 5) is 0. The molecule has 0 aliphatic rings. The van der Waals surface area contributed by atoms with Gasteiger partial charge in [-0.1, -0.05) is 27.5 Å². The van der Waals surface area contributed by atoms with Crippen LogP contribution in [0.25, 0.3) is 11.5 Å². The third-order valence-electron chi connectivity index (χ3n) is 1.93. The third kappa shape index (κ3) is 2.56. The molecule has 0 aliphatic carbocycles. The van der Waals surface area contributed by atoms with Gasteiger partial charge in [-0.25, -0.2) is 0 Å². The van der Waals surface area contributed by atoms with E-state index in [1.807, 2.05) is 12.1 Å². The van der Waals surface area contributed by atoms with E-state index in [2.05, 4.69) is 26.1 Å². The second-order valence-electron chi connectivity index (χ2n) is 3.06. The Hall–Kier alpha value is -0.580. The van der Waals surface area contributed by atoms with Gasteiger partial charge in [-0.2, -0.15) is 0 Å². The minimum absolute atomic E-state index is 0.409. The molecule has 6 heteroatoms. The van der Waals surface area contributed by atoms with Crippen molar-refractivity contribution < 1.29 is 4.42 Å². The van der Waals surface area contributed by atoms with Crippen molar-refractivity contribution in [2.45, 2.75) is 6.42 Å². The quantitative estimate of drug-likeness (QED) is 0.804. The lowest BCUT2D eigenvalue weighted by Gasteiger charge is -1.99. The highest BCUT2D eigenvalue weighted by Crippen LogP contribution is 2.29. The molecule has 0 amide bonds. The van der Waals surface area contributed by atoms with Gasteiger partial charge in [0, 0.05) is 16.8 Å². The molecule has 0 bridgehead atoms. The molecule has 0 N–H and O–H groups in total. The Labute approximate surface area is 111 Å². The van der Waals surface area contributed by atoms with Crippen molar-refractivity contribution in [2.75, 3.05) is 5.88 Å². The van der Waals surface area contributed by atoms with Gasteiger partial charge in [0.1, 0.15) is 0 Å². The number of hydrogen-bond acceptors (Lipinski definition) is 3. The smallest absolute Gasteiger partial charge is 0.249 e. The number of benzene rings is 1. The molecule has 2 aromatic rings. The Morgan fingerprint density at radius 1 is 1.31 bits per heavy atom. The summed E-state index contributed by atoms with van der Waals surface area (Å²) in [6.45, 7) is 0. The van der Waals surface area contributed by atoms with Crippen LogP contribution in [0, 0.1) is 0 Å². The summed E-state index contributed by atoms with van der Waals surface area (Å²) in [6, 6.07) is 5.45. The fraction of sp³-hybridized carbons (Fsp3) is 0.200. The van der Waals surface area contributed by atoms with Crippen LogP contribution in [-0.4, -0.2) is 16.1 Å². The maximum atomic E-state index is 6.04. The van der Waals surface area contributed by atoms with Gasteiger partial charge in [-0.15, -0.1) is 21.8 Å². The molecule has 0 atom stereocenters. The standard InChI is InChI=1S/C10H7BrCl2N2O/c11-6-1-2-8(13)7(5-6)10-15-14-9(16-10)3-4-12/h1-2,5H,3-4H2. The highest BCUT2D eigenvalue weighted by Gasteiger charge is 2.11. The van der Waals surface area contributed by atoms with Crippen LogP contribution in [0.3, 0.4) is 0 Å². The molecule has 2 rings (SSSR count). The predicted octanol–water partition coefficient (Wildman–Crippen LogP) is 3.93. The Bertz CT molecular complexity index is 501. The average Bonchev–Trinajstić information content (AvgIpc) is 2.71. The van der Waals surface area contributed by atoms with Gasteiger partial charge < -0.3 is 4.42 Å². The minimum atomic E-state index is 0.409. The van der Waals surface area contributed by atoms with E-state index in [9.17, 15) is 0 Å². The van der Waals surface area contributed by atoms with Crippen molar-refractivity contribution in [3.05, 3.63) is 33.6 Å². The SMILES string of the molecule is ClCCc1nnc(-c2cc(Br)ccc2Cl)o1. The zero-order valence-electron chi connectivity index (χ0n) is 8.08. The molecule has 84 valence electrons.